The lowest BCUT2D eigenvalue weighted by atomic mass is 9.93. The molecule has 0 unspecified atom stereocenters. The molecule has 0 saturated heterocycles. The SMILES string of the molecule is Cc1ccc2cc(-c3cnc4ccc(NC5CCC(O)CC5)nn34)sc2c1. The maximum absolute atomic E-state index is 9.69. The van der Waals surface area contributed by atoms with Crippen LogP contribution >= 0.6 is 11.3 Å². The van der Waals surface area contributed by atoms with Gasteiger partial charge in [-0.15, -0.1) is 16.4 Å². The van der Waals surface area contributed by atoms with Crippen molar-refractivity contribution in [1.82, 2.24) is 14.6 Å². The predicted molar refractivity (Wildman–Crippen MR) is 110 cm³/mol. The van der Waals surface area contributed by atoms with Crippen molar-refractivity contribution in [1.29, 1.82) is 0 Å². The van der Waals surface area contributed by atoms with Gasteiger partial charge in [-0.25, -0.2) is 9.50 Å². The highest BCUT2D eigenvalue weighted by Gasteiger charge is 2.20. The molecule has 1 aliphatic carbocycles. The summed E-state index contributed by atoms with van der Waals surface area (Å²) in [5.41, 5.74) is 3.14. The van der Waals surface area contributed by atoms with Gasteiger partial charge in [-0.2, -0.15) is 0 Å². The zero-order valence-corrected chi connectivity index (χ0v) is 16.0. The summed E-state index contributed by atoms with van der Waals surface area (Å²) in [7, 11) is 0. The number of anilines is 1. The molecule has 1 aromatic carbocycles. The van der Waals surface area contributed by atoms with Crippen molar-refractivity contribution in [3.63, 3.8) is 0 Å². The Morgan fingerprint density at radius 2 is 1.96 bits per heavy atom. The monoisotopic (exact) mass is 378 g/mol. The summed E-state index contributed by atoms with van der Waals surface area (Å²) >= 11 is 1.78. The van der Waals surface area contributed by atoms with Crippen molar-refractivity contribution in [2.24, 2.45) is 0 Å². The van der Waals surface area contributed by atoms with Gasteiger partial charge in [0.05, 0.1) is 17.2 Å². The fourth-order valence-electron chi connectivity index (χ4n) is 3.81. The van der Waals surface area contributed by atoms with E-state index in [0.717, 1.165) is 42.8 Å². The van der Waals surface area contributed by atoms with Crippen LogP contribution in [-0.2, 0) is 0 Å². The van der Waals surface area contributed by atoms with E-state index in [-0.39, 0.29) is 6.10 Å². The number of rotatable bonds is 3. The second-order valence-electron chi connectivity index (χ2n) is 7.43. The first kappa shape index (κ1) is 16.7. The van der Waals surface area contributed by atoms with Crippen molar-refractivity contribution in [2.45, 2.75) is 44.8 Å². The maximum Gasteiger partial charge on any atom is 0.154 e. The molecule has 5 rings (SSSR count). The average Bonchev–Trinajstić information content (AvgIpc) is 3.26. The number of hydrogen-bond acceptors (Lipinski definition) is 5. The van der Waals surface area contributed by atoms with Crippen LogP contribution in [0.4, 0.5) is 5.82 Å². The molecular formula is C21H22N4OS. The molecule has 0 radical (unpaired) electrons. The topological polar surface area (TPSA) is 62.5 Å². The predicted octanol–water partition coefficient (Wildman–Crippen LogP) is 4.63. The zero-order valence-electron chi connectivity index (χ0n) is 15.2. The van der Waals surface area contributed by atoms with Crippen molar-refractivity contribution in [3.8, 4) is 10.6 Å². The molecule has 1 fully saturated rings. The van der Waals surface area contributed by atoms with Crippen molar-refractivity contribution >= 4 is 32.9 Å². The number of hydrogen-bond donors (Lipinski definition) is 2. The minimum Gasteiger partial charge on any atom is -0.393 e. The molecule has 1 saturated carbocycles. The fourth-order valence-corrected chi connectivity index (χ4v) is 4.97. The van der Waals surface area contributed by atoms with E-state index >= 15 is 0 Å². The maximum atomic E-state index is 9.69. The van der Waals surface area contributed by atoms with Crippen LogP contribution in [0.2, 0.25) is 0 Å². The van der Waals surface area contributed by atoms with Crippen LogP contribution in [0.1, 0.15) is 31.2 Å². The summed E-state index contributed by atoms with van der Waals surface area (Å²) in [4.78, 5) is 5.70. The van der Waals surface area contributed by atoms with Crippen LogP contribution in [0.5, 0.6) is 0 Å². The number of fused-ring (bicyclic) bond motifs is 2. The van der Waals surface area contributed by atoms with Crippen LogP contribution in [-0.4, -0.2) is 31.9 Å². The van der Waals surface area contributed by atoms with E-state index in [1.54, 1.807) is 11.3 Å². The Morgan fingerprint density at radius 1 is 1.11 bits per heavy atom. The highest BCUT2D eigenvalue weighted by molar-refractivity contribution is 7.22. The summed E-state index contributed by atoms with van der Waals surface area (Å²) in [6.07, 6.45) is 5.44. The third-order valence-corrected chi connectivity index (χ3v) is 6.46. The van der Waals surface area contributed by atoms with Gasteiger partial charge in [0.15, 0.2) is 5.65 Å². The molecule has 2 N–H and O–H groups in total. The summed E-state index contributed by atoms with van der Waals surface area (Å²) in [5, 5.41) is 19.3. The quantitative estimate of drug-likeness (QED) is 0.545. The van der Waals surface area contributed by atoms with Gasteiger partial charge in [0.25, 0.3) is 0 Å². The molecule has 1 aliphatic rings. The number of aliphatic hydroxyl groups is 1. The number of aryl methyl sites for hydroxylation is 1. The van der Waals surface area contributed by atoms with Crippen LogP contribution < -0.4 is 5.32 Å². The number of nitrogens with one attached hydrogen (secondary N) is 1. The third kappa shape index (κ3) is 3.19. The van der Waals surface area contributed by atoms with Gasteiger partial charge in [-0.3, -0.25) is 0 Å². The van der Waals surface area contributed by atoms with Crippen LogP contribution in [0.25, 0.3) is 26.3 Å². The molecule has 4 aromatic rings. The van der Waals surface area contributed by atoms with E-state index in [0.29, 0.717) is 6.04 Å². The molecule has 6 heteroatoms. The molecule has 0 amide bonds. The normalized spacial score (nSPS) is 20.4. The Bertz CT molecular complexity index is 1110. The molecule has 27 heavy (non-hydrogen) atoms. The lowest BCUT2D eigenvalue weighted by Gasteiger charge is -2.26. The van der Waals surface area contributed by atoms with Crippen LogP contribution in [0.15, 0.2) is 42.6 Å². The lowest BCUT2D eigenvalue weighted by molar-refractivity contribution is 0.126. The average molecular weight is 379 g/mol. The zero-order chi connectivity index (χ0) is 18.4. The highest BCUT2D eigenvalue weighted by Crippen LogP contribution is 2.34. The molecule has 3 aromatic heterocycles. The molecule has 5 nitrogen and oxygen atoms in total. The highest BCUT2D eigenvalue weighted by atomic mass is 32.1. The van der Waals surface area contributed by atoms with Crippen molar-refractivity contribution < 1.29 is 5.11 Å². The first-order chi connectivity index (χ1) is 13.2. The molecule has 0 spiro atoms. The Kier molecular flexibility index (Phi) is 4.10. The molecule has 0 aliphatic heterocycles. The summed E-state index contributed by atoms with van der Waals surface area (Å²) < 4.78 is 3.22. The van der Waals surface area contributed by atoms with Crippen molar-refractivity contribution in [2.75, 3.05) is 5.32 Å². The van der Waals surface area contributed by atoms with Crippen LogP contribution in [0, 0.1) is 6.92 Å². The molecule has 0 atom stereocenters. The Balaban J connectivity index is 1.49. The number of aromatic nitrogens is 3. The fraction of sp³-hybridized carbons (Fsp3) is 0.333. The second kappa shape index (κ2) is 6.62. The summed E-state index contributed by atoms with van der Waals surface area (Å²) in [6.45, 7) is 2.12. The van der Waals surface area contributed by atoms with E-state index in [4.69, 9.17) is 5.10 Å². The Hall–Kier alpha value is -2.44. The number of thiophene rings is 1. The minimum atomic E-state index is -0.143. The standard InChI is InChI=1S/C21H22N4OS/c1-13-2-3-14-11-19(27-18(14)10-13)17-12-22-21-9-8-20(24-25(17)21)23-15-4-6-16(26)7-5-15/h2-3,8-12,15-16,26H,4-7H2,1H3,(H,23,24). The summed E-state index contributed by atoms with van der Waals surface area (Å²) in [5.74, 6) is 0.861. The molecule has 3 heterocycles. The van der Waals surface area contributed by atoms with Crippen molar-refractivity contribution in [3.05, 3.63) is 48.2 Å². The van der Waals surface area contributed by atoms with Gasteiger partial charge in [0.1, 0.15) is 11.5 Å². The lowest BCUT2D eigenvalue weighted by Crippen LogP contribution is -2.28. The number of aliphatic hydroxyl groups excluding tert-OH is 1. The van der Waals surface area contributed by atoms with Gasteiger partial charge in [0, 0.05) is 10.7 Å². The second-order valence-corrected chi connectivity index (χ2v) is 8.52. The Labute approximate surface area is 161 Å². The third-order valence-electron chi connectivity index (χ3n) is 5.34. The summed E-state index contributed by atoms with van der Waals surface area (Å²) in [6, 6.07) is 13.1. The van der Waals surface area contributed by atoms with Gasteiger partial charge in [-0.1, -0.05) is 12.1 Å². The smallest absolute Gasteiger partial charge is 0.154 e. The Morgan fingerprint density at radius 3 is 2.81 bits per heavy atom. The van der Waals surface area contributed by atoms with Gasteiger partial charge in [-0.05, 0) is 67.8 Å². The van der Waals surface area contributed by atoms with Gasteiger partial charge >= 0.3 is 0 Å². The number of nitrogens with zero attached hydrogens (tertiary/aromatic N) is 3. The largest absolute Gasteiger partial charge is 0.393 e. The van der Waals surface area contributed by atoms with Crippen LogP contribution in [0.3, 0.4) is 0 Å². The first-order valence-electron chi connectivity index (χ1n) is 9.46. The minimum absolute atomic E-state index is 0.143. The van der Waals surface area contributed by atoms with E-state index in [1.807, 2.05) is 22.8 Å². The van der Waals surface area contributed by atoms with E-state index in [1.165, 1.54) is 20.5 Å². The molecule has 0 bridgehead atoms. The van der Waals surface area contributed by atoms with Gasteiger partial charge < -0.3 is 10.4 Å². The van der Waals surface area contributed by atoms with Gasteiger partial charge in [0.2, 0.25) is 0 Å². The molecular weight excluding hydrogens is 356 g/mol. The number of benzene rings is 1. The first-order valence-corrected chi connectivity index (χ1v) is 10.3. The van der Waals surface area contributed by atoms with E-state index in [9.17, 15) is 5.11 Å². The number of imidazole rings is 1. The van der Waals surface area contributed by atoms with E-state index < -0.39 is 0 Å². The van der Waals surface area contributed by atoms with E-state index in [2.05, 4.69) is 41.5 Å². The molecule has 138 valence electrons.